The van der Waals surface area contributed by atoms with E-state index in [0.717, 1.165) is 23.7 Å². The lowest BCUT2D eigenvalue weighted by atomic mass is 10.1. The smallest absolute Gasteiger partial charge is 0.320 e. The number of nitrogens with two attached hydrogens (primary N) is 1. The van der Waals surface area contributed by atoms with Crippen molar-refractivity contribution in [1.82, 2.24) is 5.32 Å². The van der Waals surface area contributed by atoms with Gasteiger partial charge in [0.2, 0.25) is 5.91 Å². The van der Waals surface area contributed by atoms with E-state index in [0.29, 0.717) is 25.8 Å². The van der Waals surface area contributed by atoms with Crippen molar-refractivity contribution in [3.63, 3.8) is 0 Å². The third-order valence-electron chi connectivity index (χ3n) is 3.36. The third kappa shape index (κ3) is 8.14. The molecule has 22 heavy (non-hydrogen) atoms. The lowest BCUT2D eigenvalue weighted by molar-refractivity contribution is -0.138. The Kier molecular flexibility index (Phi) is 8.77. The number of carbonyl (C=O) groups excluding carboxylic acids is 1. The molecule has 0 aliphatic rings. The molecule has 122 valence electrons. The SMILES string of the molecule is NC(CCCCNC(=O)CCCc1ccc(Br)cc1)C(=O)O. The van der Waals surface area contributed by atoms with Crippen molar-refractivity contribution in [2.45, 2.75) is 44.6 Å². The highest BCUT2D eigenvalue weighted by Gasteiger charge is 2.10. The number of nitrogens with one attached hydrogen (secondary N) is 1. The van der Waals surface area contributed by atoms with Crippen LogP contribution in [-0.2, 0) is 16.0 Å². The van der Waals surface area contributed by atoms with Crippen molar-refractivity contribution >= 4 is 27.8 Å². The van der Waals surface area contributed by atoms with Crippen LogP contribution in [0.2, 0.25) is 0 Å². The molecular formula is C16H23BrN2O3. The minimum absolute atomic E-state index is 0.0413. The van der Waals surface area contributed by atoms with Crippen molar-refractivity contribution in [2.75, 3.05) is 6.54 Å². The summed E-state index contributed by atoms with van der Waals surface area (Å²) in [6.45, 7) is 0.573. The number of carboxylic acid groups (broad SMARTS) is 1. The van der Waals surface area contributed by atoms with Crippen molar-refractivity contribution < 1.29 is 14.7 Å². The lowest BCUT2D eigenvalue weighted by Gasteiger charge is -2.07. The molecule has 0 radical (unpaired) electrons. The molecule has 0 aliphatic carbocycles. The number of halogens is 1. The number of unbranched alkanes of at least 4 members (excludes halogenated alkanes) is 1. The average molecular weight is 371 g/mol. The number of amides is 1. The van der Waals surface area contributed by atoms with Crippen LogP contribution in [0.15, 0.2) is 28.7 Å². The summed E-state index contributed by atoms with van der Waals surface area (Å²) in [5, 5.41) is 11.5. The molecule has 0 saturated carbocycles. The predicted molar refractivity (Wildman–Crippen MR) is 89.6 cm³/mol. The molecule has 0 heterocycles. The second-order valence-corrected chi connectivity index (χ2v) is 6.19. The molecule has 0 saturated heterocycles. The van der Waals surface area contributed by atoms with E-state index in [1.54, 1.807) is 0 Å². The topological polar surface area (TPSA) is 92.4 Å². The minimum Gasteiger partial charge on any atom is -0.480 e. The number of benzene rings is 1. The first kappa shape index (κ1) is 18.6. The molecule has 1 rings (SSSR count). The van der Waals surface area contributed by atoms with Gasteiger partial charge >= 0.3 is 5.97 Å². The normalized spacial score (nSPS) is 11.9. The summed E-state index contributed by atoms with van der Waals surface area (Å²) >= 11 is 3.39. The van der Waals surface area contributed by atoms with E-state index in [1.807, 2.05) is 24.3 Å². The maximum atomic E-state index is 11.7. The molecule has 5 nitrogen and oxygen atoms in total. The quantitative estimate of drug-likeness (QED) is 0.551. The molecule has 0 aromatic heterocycles. The van der Waals surface area contributed by atoms with Gasteiger partial charge in [0.1, 0.15) is 6.04 Å². The van der Waals surface area contributed by atoms with E-state index in [-0.39, 0.29) is 5.91 Å². The Morgan fingerprint density at radius 1 is 1.18 bits per heavy atom. The van der Waals surface area contributed by atoms with Gasteiger partial charge in [-0.15, -0.1) is 0 Å². The van der Waals surface area contributed by atoms with E-state index >= 15 is 0 Å². The summed E-state index contributed by atoms with van der Waals surface area (Å²) < 4.78 is 1.05. The number of carboxylic acids is 1. The maximum absolute atomic E-state index is 11.7. The van der Waals surface area contributed by atoms with Crippen molar-refractivity contribution in [3.8, 4) is 0 Å². The minimum atomic E-state index is -0.975. The fourth-order valence-corrected chi connectivity index (χ4v) is 2.30. The highest BCUT2D eigenvalue weighted by atomic mass is 79.9. The highest BCUT2D eigenvalue weighted by Crippen LogP contribution is 2.12. The number of carbonyl (C=O) groups is 2. The van der Waals surface area contributed by atoms with Crippen LogP contribution in [0.1, 0.15) is 37.7 Å². The highest BCUT2D eigenvalue weighted by molar-refractivity contribution is 9.10. The number of hydrogen-bond acceptors (Lipinski definition) is 3. The standard InChI is InChI=1S/C16H23BrN2O3/c17-13-9-7-12(8-10-13)4-3-6-15(20)19-11-2-1-5-14(18)16(21)22/h7-10,14H,1-6,11,18H2,(H,19,20)(H,21,22). The summed E-state index contributed by atoms with van der Waals surface area (Å²) in [6, 6.07) is 7.29. The number of aryl methyl sites for hydroxylation is 1. The zero-order chi connectivity index (χ0) is 16.4. The van der Waals surface area contributed by atoms with E-state index < -0.39 is 12.0 Å². The van der Waals surface area contributed by atoms with Gasteiger partial charge in [-0.05, 0) is 49.8 Å². The molecule has 0 bridgehead atoms. The summed E-state index contributed by atoms with van der Waals surface area (Å²) in [5.74, 6) is -0.934. The predicted octanol–water partition coefficient (Wildman–Crippen LogP) is 2.47. The molecular weight excluding hydrogens is 348 g/mol. The van der Waals surface area contributed by atoms with Crippen LogP contribution < -0.4 is 11.1 Å². The van der Waals surface area contributed by atoms with E-state index in [1.165, 1.54) is 5.56 Å². The van der Waals surface area contributed by atoms with Crippen LogP contribution in [0.25, 0.3) is 0 Å². The van der Waals surface area contributed by atoms with Crippen molar-refractivity contribution in [2.24, 2.45) is 5.73 Å². The molecule has 6 heteroatoms. The number of hydrogen-bond donors (Lipinski definition) is 3. The molecule has 1 aromatic rings. The first-order valence-electron chi connectivity index (χ1n) is 7.48. The van der Waals surface area contributed by atoms with Crippen LogP contribution in [-0.4, -0.2) is 29.6 Å². The third-order valence-corrected chi connectivity index (χ3v) is 3.89. The Morgan fingerprint density at radius 3 is 2.50 bits per heavy atom. The second-order valence-electron chi connectivity index (χ2n) is 5.27. The molecule has 1 unspecified atom stereocenters. The summed E-state index contributed by atoms with van der Waals surface area (Å²) in [5.41, 5.74) is 6.62. The summed E-state index contributed by atoms with van der Waals surface area (Å²) in [4.78, 5) is 22.2. The first-order chi connectivity index (χ1) is 10.5. The molecule has 4 N–H and O–H groups in total. The summed E-state index contributed by atoms with van der Waals surface area (Å²) in [7, 11) is 0. The monoisotopic (exact) mass is 370 g/mol. The maximum Gasteiger partial charge on any atom is 0.320 e. The van der Waals surface area contributed by atoms with E-state index in [4.69, 9.17) is 10.8 Å². The van der Waals surface area contributed by atoms with Gasteiger partial charge in [0.25, 0.3) is 0 Å². The van der Waals surface area contributed by atoms with E-state index in [9.17, 15) is 9.59 Å². The Hall–Kier alpha value is -1.40. The van der Waals surface area contributed by atoms with Crippen LogP contribution in [0.3, 0.4) is 0 Å². The van der Waals surface area contributed by atoms with Gasteiger partial charge in [0.05, 0.1) is 0 Å². The van der Waals surface area contributed by atoms with Gasteiger partial charge in [-0.3, -0.25) is 9.59 Å². The zero-order valence-corrected chi connectivity index (χ0v) is 14.1. The van der Waals surface area contributed by atoms with Crippen molar-refractivity contribution in [3.05, 3.63) is 34.3 Å². The Balaban J connectivity index is 2.04. The largest absolute Gasteiger partial charge is 0.480 e. The van der Waals surface area contributed by atoms with Gasteiger partial charge in [-0.2, -0.15) is 0 Å². The fraction of sp³-hybridized carbons (Fsp3) is 0.500. The van der Waals surface area contributed by atoms with Gasteiger partial charge in [0, 0.05) is 17.4 Å². The first-order valence-corrected chi connectivity index (χ1v) is 8.28. The van der Waals surface area contributed by atoms with Crippen LogP contribution in [0, 0.1) is 0 Å². The van der Waals surface area contributed by atoms with Gasteiger partial charge in [0.15, 0.2) is 0 Å². The van der Waals surface area contributed by atoms with Crippen molar-refractivity contribution in [1.29, 1.82) is 0 Å². The van der Waals surface area contributed by atoms with Crippen LogP contribution >= 0.6 is 15.9 Å². The van der Waals surface area contributed by atoms with Gasteiger partial charge in [-0.25, -0.2) is 0 Å². The Labute approximate surface area is 139 Å². The zero-order valence-electron chi connectivity index (χ0n) is 12.6. The molecule has 0 spiro atoms. The second kappa shape index (κ2) is 10.3. The molecule has 0 aliphatic heterocycles. The van der Waals surface area contributed by atoms with Gasteiger partial charge in [-0.1, -0.05) is 28.1 Å². The fourth-order valence-electron chi connectivity index (χ4n) is 2.03. The summed E-state index contributed by atoms with van der Waals surface area (Å²) in [6.07, 6.45) is 4.09. The lowest BCUT2D eigenvalue weighted by Crippen LogP contribution is -2.30. The molecule has 1 aromatic carbocycles. The number of rotatable bonds is 10. The van der Waals surface area contributed by atoms with Gasteiger partial charge < -0.3 is 16.2 Å². The Morgan fingerprint density at radius 2 is 1.86 bits per heavy atom. The van der Waals surface area contributed by atoms with Crippen LogP contribution in [0.4, 0.5) is 0 Å². The molecule has 1 atom stereocenters. The number of aliphatic carboxylic acids is 1. The molecule has 1 amide bonds. The molecule has 0 fully saturated rings. The van der Waals surface area contributed by atoms with Crippen LogP contribution in [0.5, 0.6) is 0 Å². The van der Waals surface area contributed by atoms with E-state index in [2.05, 4.69) is 21.2 Å². The Bertz CT molecular complexity index is 477. The average Bonchev–Trinajstić information content (AvgIpc) is 2.48.